The molecule has 0 radical (unpaired) electrons. The molecule has 4 aliphatic carbocycles. The normalized spacial score (nSPS) is 60.0. The molecule has 4 aliphatic rings. The van der Waals surface area contributed by atoms with Crippen molar-refractivity contribution in [2.75, 3.05) is 0 Å². The fourth-order valence-electron chi connectivity index (χ4n) is 7.49. The van der Waals surface area contributed by atoms with E-state index >= 15 is 0 Å². The van der Waals surface area contributed by atoms with E-state index in [9.17, 15) is 5.11 Å². The zero-order valence-corrected chi connectivity index (χ0v) is 14.3. The summed E-state index contributed by atoms with van der Waals surface area (Å²) in [4.78, 5) is 0. The van der Waals surface area contributed by atoms with Crippen LogP contribution in [-0.2, 0) is 0 Å². The molecule has 4 rings (SSSR count). The third kappa shape index (κ3) is 2.06. The van der Waals surface area contributed by atoms with E-state index in [4.69, 9.17) is 0 Å². The summed E-state index contributed by atoms with van der Waals surface area (Å²) in [6.07, 6.45) is 12.4. The lowest BCUT2D eigenvalue weighted by atomic mass is 9.45. The van der Waals surface area contributed by atoms with Crippen LogP contribution in [0.4, 0.5) is 0 Å². The van der Waals surface area contributed by atoms with Crippen molar-refractivity contribution in [1.82, 2.24) is 0 Å². The van der Waals surface area contributed by atoms with E-state index in [0.29, 0.717) is 10.8 Å². The van der Waals surface area contributed by atoms with Gasteiger partial charge in [0.2, 0.25) is 0 Å². The average molecular weight is 290 g/mol. The molecule has 21 heavy (non-hydrogen) atoms. The van der Waals surface area contributed by atoms with Crippen LogP contribution in [0.5, 0.6) is 0 Å². The molecule has 0 amide bonds. The first-order valence-corrected chi connectivity index (χ1v) is 9.60. The van der Waals surface area contributed by atoms with Crippen molar-refractivity contribution in [3.8, 4) is 0 Å². The number of fused-ring (bicyclic) bond motifs is 5. The first-order chi connectivity index (χ1) is 9.92. The van der Waals surface area contributed by atoms with Crippen molar-refractivity contribution in [3.63, 3.8) is 0 Å². The van der Waals surface area contributed by atoms with E-state index in [1.807, 2.05) is 0 Å². The van der Waals surface area contributed by atoms with Crippen LogP contribution in [0.1, 0.15) is 78.6 Å². The third-order valence-electron chi connectivity index (χ3n) is 8.67. The third-order valence-corrected chi connectivity index (χ3v) is 8.67. The van der Waals surface area contributed by atoms with Crippen LogP contribution in [0.3, 0.4) is 0 Å². The summed E-state index contributed by atoms with van der Waals surface area (Å²) in [5.74, 6) is 4.67. The highest BCUT2D eigenvalue weighted by molar-refractivity contribution is 5.08. The minimum atomic E-state index is -0.00402. The second-order valence-electron chi connectivity index (χ2n) is 9.82. The minimum Gasteiger partial charge on any atom is -0.393 e. The van der Waals surface area contributed by atoms with Crippen LogP contribution < -0.4 is 0 Å². The molecule has 1 nitrogen and oxygen atoms in total. The van der Waals surface area contributed by atoms with Crippen molar-refractivity contribution < 1.29 is 5.11 Å². The van der Waals surface area contributed by atoms with E-state index in [1.54, 1.807) is 0 Å². The van der Waals surface area contributed by atoms with Gasteiger partial charge in [-0.25, -0.2) is 0 Å². The molecule has 120 valence electrons. The number of aliphatic hydroxyl groups is 1. The molecule has 0 aromatic carbocycles. The molecule has 0 spiro atoms. The van der Waals surface area contributed by atoms with Crippen LogP contribution in [-0.4, -0.2) is 11.2 Å². The average Bonchev–Trinajstić information content (AvgIpc) is 2.74. The highest BCUT2D eigenvalue weighted by Crippen LogP contribution is 2.66. The fraction of sp³-hybridized carbons (Fsp3) is 1.00. The van der Waals surface area contributed by atoms with Crippen molar-refractivity contribution >= 4 is 0 Å². The van der Waals surface area contributed by atoms with E-state index in [-0.39, 0.29) is 6.10 Å². The molecular weight excluding hydrogens is 256 g/mol. The van der Waals surface area contributed by atoms with Gasteiger partial charge < -0.3 is 5.11 Å². The SMILES string of the molecule is C[C@H]1CC[C@]2(C)[C@H](CC[C@@H]3[C@H]4C[C@@H](O)C[C@]4(C)CC[C@H]32)C1. The van der Waals surface area contributed by atoms with Gasteiger partial charge in [0.15, 0.2) is 0 Å². The maximum absolute atomic E-state index is 10.2. The zero-order valence-electron chi connectivity index (χ0n) is 14.3. The molecule has 0 aliphatic heterocycles. The number of hydrogen-bond acceptors (Lipinski definition) is 1. The van der Waals surface area contributed by atoms with Crippen LogP contribution in [0.2, 0.25) is 0 Å². The lowest BCUT2D eigenvalue weighted by Crippen LogP contribution is -2.52. The molecular formula is C20H34O. The molecule has 4 saturated carbocycles. The van der Waals surface area contributed by atoms with Gasteiger partial charge in [-0.05, 0) is 91.8 Å². The fourth-order valence-corrected chi connectivity index (χ4v) is 7.49. The number of hydrogen-bond donors (Lipinski definition) is 1. The van der Waals surface area contributed by atoms with Gasteiger partial charge in [0, 0.05) is 0 Å². The summed E-state index contributed by atoms with van der Waals surface area (Å²) in [6, 6.07) is 0. The summed E-state index contributed by atoms with van der Waals surface area (Å²) < 4.78 is 0. The van der Waals surface area contributed by atoms with Gasteiger partial charge in [-0.2, -0.15) is 0 Å². The van der Waals surface area contributed by atoms with Gasteiger partial charge in [0.1, 0.15) is 0 Å². The second-order valence-corrected chi connectivity index (χ2v) is 9.82. The molecule has 0 aromatic heterocycles. The Morgan fingerprint density at radius 1 is 0.905 bits per heavy atom. The Hall–Kier alpha value is -0.0400. The molecule has 1 N–H and O–H groups in total. The molecule has 1 heteroatoms. The summed E-state index contributed by atoms with van der Waals surface area (Å²) in [5, 5.41) is 10.2. The van der Waals surface area contributed by atoms with E-state index in [0.717, 1.165) is 42.4 Å². The van der Waals surface area contributed by atoms with Gasteiger partial charge in [-0.3, -0.25) is 0 Å². The lowest BCUT2D eigenvalue weighted by molar-refractivity contribution is -0.110. The molecule has 0 unspecified atom stereocenters. The van der Waals surface area contributed by atoms with Gasteiger partial charge in [-0.1, -0.05) is 27.2 Å². The van der Waals surface area contributed by atoms with E-state index in [1.165, 1.54) is 44.9 Å². The number of rotatable bonds is 0. The van der Waals surface area contributed by atoms with Gasteiger partial charge in [-0.15, -0.1) is 0 Å². The van der Waals surface area contributed by atoms with Crippen LogP contribution >= 0.6 is 0 Å². The first kappa shape index (κ1) is 14.5. The summed E-state index contributed by atoms with van der Waals surface area (Å²) in [7, 11) is 0. The zero-order chi connectivity index (χ0) is 14.8. The quantitative estimate of drug-likeness (QED) is 0.663. The maximum atomic E-state index is 10.2. The van der Waals surface area contributed by atoms with E-state index < -0.39 is 0 Å². The predicted octanol–water partition coefficient (Wildman–Crippen LogP) is 5.03. The topological polar surface area (TPSA) is 20.2 Å². The summed E-state index contributed by atoms with van der Waals surface area (Å²) in [6.45, 7) is 7.60. The first-order valence-electron chi connectivity index (χ1n) is 9.60. The van der Waals surface area contributed by atoms with E-state index in [2.05, 4.69) is 20.8 Å². The second kappa shape index (κ2) is 4.73. The van der Waals surface area contributed by atoms with Crippen LogP contribution in [0, 0.1) is 40.4 Å². The molecule has 0 heterocycles. The Morgan fingerprint density at radius 2 is 1.71 bits per heavy atom. The van der Waals surface area contributed by atoms with Crippen molar-refractivity contribution in [3.05, 3.63) is 0 Å². The van der Waals surface area contributed by atoms with Gasteiger partial charge >= 0.3 is 0 Å². The van der Waals surface area contributed by atoms with Crippen LogP contribution in [0.25, 0.3) is 0 Å². The van der Waals surface area contributed by atoms with Crippen molar-refractivity contribution in [1.29, 1.82) is 0 Å². The molecule has 0 aromatic rings. The Kier molecular flexibility index (Phi) is 3.27. The smallest absolute Gasteiger partial charge is 0.0548 e. The molecule has 4 fully saturated rings. The Bertz CT molecular complexity index is 418. The Balaban J connectivity index is 1.62. The minimum absolute atomic E-state index is 0.00402. The monoisotopic (exact) mass is 290 g/mol. The Morgan fingerprint density at radius 3 is 2.52 bits per heavy atom. The lowest BCUT2D eigenvalue weighted by Gasteiger charge is -2.60. The number of aliphatic hydroxyl groups excluding tert-OH is 1. The summed E-state index contributed by atoms with van der Waals surface area (Å²) in [5.41, 5.74) is 1.09. The van der Waals surface area contributed by atoms with Gasteiger partial charge in [0.25, 0.3) is 0 Å². The van der Waals surface area contributed by atoms with Gasteiger partial charge in [0.05, 0.1) is 6.10 Å². The summed E-state index contributed by atoms with van der Waals surface area (Å²) >= 11 is 0. The molecule has 0 saturated heterocycles. The molecule has 0 bridgehead atoms. The highest BCUT2D eigenvalue weighted by Gasteiger charge is 2.58. The largest absolute Gasteiger partial charge is 0.393 e. The van der Waals surface area contributed by atoms with Crippen molar-refractivity contribution in [2.45, 2.75) is 84.7 Å². The maximum Gasteiger partial charge on any atom is 0.0548 e. The highest BCUT2D eigenvalue weighted by atomic mass is 16.3. The van der Waals surface area contributed by atoms with Crippen molar-refractivity contribution in [2.24, 2.45) is 40.4 Å². The standard InChI is InChI=1S/C20H34O/c1-13-6-9-20(3)14(10-13)4-5-16-17(20)7-8-19(2)12-15(21)11-18(16)19/h13-18,21H,4-12H2,1-3H3/t13-,14+,15+,16-,17+,18+,19-,20+/m0/s1. The Labute approximate surface area is 130 Å². The predicted molar refractivity (Wildman–Crippen MR) is 86.9 cm³/mol. The van der Waals surface area contributed by atoms with Crippen LogP contribution in [0.15, 0.2) is 0 Å². The molecule has 8 atom stereocenters.